The molecule has 0 saturated carbocycles. The fraction of sp³-hybridized carbons (Fsp3) is 1.00. The zero-order valence-electron chi connectivity index (χ0n) is 8.73. The number of hydrogen-bond donors (Lipinski definition) is 0. The molecule has 2 saturated heterocycles. The lowest BCUT2D eigenvalue weighted by molar-refractivity contribution is 0.0939. The Morgan fingerprint density at radius 2 is 1.38 bits per heavy atom. The molecular weight excluding hydrogens is 187 g/mol. The van der Waals surface area contributed by atoms with Crippen LogP contribution < -0.4 is 0 Å². The average molecular weight is 205 g/mol. The molecule has 1 spiro atoms. The summed E-state index contributed by atoms with van der Waals surface area (Å²) >= 11 is 0. The van der Waals surface area contributed by atoms with Gasteiger partial charge >= 0.3 is 7.72 Å². The van der Waals surface area contributed by atoms with Crippen LogP contribution in [0.5, 0.6) is 0 Å². The third-order valence-electron chi connectivity index (χ3n) is 2.81. The third-order valence-corrected chi connectivity index (χ3v) is 5.94. The van der Waals surface area contributed by atoms with E-state index in [1.165, 1.54) is 0 Å². The lowest BCUT2D eigenvalue weighted by Gasteiger charge is -2.08. The first-order valence-electron chi connectivity index (χ1n) is 4.67. The highest BCUT2D eigenvalue weighted by Gasteiger charge is 2.59. The molecule has 2 unspecified atom stereocenters. The van der Waals surface area contributed by atoms with E-state index in [0.717, 1.165) is 12.6 Å². The number of rotatable bonds is 0. The molecule has 2 rings (SSSR count). The Bertz CT molecular complexity index is 169. The highest BCUT2D eigenvalue weighted by Crippen LogP contribution is 2.69. The van der Waals surface area contributed by atoms with Gasteiger partial charge in [-0.1, -0.05) is 0 Å². The van der Waals surface area contributed by atoms with Crippen LogP contribution in [0.3, 0.4) is 0 Å². The zero-order chi connectivity index (χ0) is 9.64. The molecule has 0 N–H and O–H groups in total. The van der Waals surface area contributed by atoms with Crippen molar-refractivity contribution in [2.45, 2.75) is 26.3 Å². The number of nitrogens with zero attached hydrogens (tertiary/aromatic N) is 2. The average Bonchev–Trinajstić information content (AvgIpc) is 2.39. The predicted octanol–water partition coefficient (Wildman–Crippen LogP) is 1.36. The van der Waals surface area contributed by atoms with E-state index < -0.39 is 7.72 Å². The van der Waals surface area contributed by atoms with Crippen molar-refractivity contribution in [3.05, 3.63) is 0 Å². The molecule has 0 bridgehead atoms. The first-order valence-corrected chi connectivity index (χ1v) is 6.66. The Labute approximate surface area is 80.3 Å². The topological polar surface area (TPSA) is 24.9 Å². The van der Waals surface area contributed by atoms with Crippen molar-refractivity contribution in [3.8, 4) is 0 Å². The SMILES string of the molecule is CC1O[P+]2(CN1C)CN(C)C(C)O2. The Kier molecular flexibility index (Phi) is 2.37. The summed E-state index contributed by atoms with van der Waals surface area (Å²) in [7, 11) is 2.61. The van der Waals surface area contributed by atoms with Crippen LogP contribution in [-0.2, 0) is 9.05 Å². The van der Waals surface area contributed by atoms with Crippen LogP contribution in [0, 0.1) is 0 Å². The van der Waals surface area contributed by atoms with Gasteiger partial charge in [-0.05, 0) is 27.9 Å². The maximum Gasteiger partial charge on any atom is 0.308 e. The van der Waals surface area contributed by atoms with Crippen LogP contribution >= 0.6 is 7.72 Å². The Balaban J connectivity index is 2.08. The van der Waals surface area contributed by atoms with Crippen LogP contribution in [-0.4, -0.2) is 48.9 Å². The van der Waals surface area contributed by atoms with E-state index >= 15 is 0 Å². The molecule has 0 aromatic rings. The summed E-state index contributed by atoms with van der Waals surface area (Å²) in [6.45, 7) is 4.17. The summed E-state index contributed by atoms with van der Waals surface area (Å²) in [5.74, 6) is 0. The van der Waals surface area contributed by atoms with Crippen LogP contribution in [0.15, 0.2) is 0 Å². The van der Waals surface area contributed by atoms with Crippen LogP contribution in [0.25, 0.3) is 0 Å². The first-order chi connectivity index (χ1) is 6.02. The van der Waals surface area contributed by atoms with E-state index in [-0.39, 0.29) is 12.5 Å². The molecule has 76 valence electrons. The molecule has 0 aromatic heterocycles. The van der Waals surface area contributed by atoms with E-state index in [2.05, 4.69) is 37.7 Å². The van der Waals surface area contributed by atoms with E-state index in [9.17, 15) is 0 Å². The predicted molar refractivity (Wildman–Crippen MR) is 53.3 cm³/mol. The molecule has 5 heteroatoms. The third kappa shape index (κ3) is 1.62. The molecule has 0 aliphatic carbocycles. The molecule has 2 heterocycles. The summed E-state index contributed by atoms with van der Waals surface area (Å²) in [5, 5.41) is 0. The summed E-state index contributed by atoms with van der Waals surface area (Å²) in [6, 6.07) is 0. The van der Waals surface area contributed by atoms with Gasteiger partial charge in [-0.25, -0.2) is 9.80 Å². The molecule has 2 aliphatic rings. The minimum atomic E-state index is -1.57. The Morgan fingerprint density at radius 3 is 1.62 bits per heavy atom. The molecule has 0 amide bonds. The van der Waals surface area contributed by atoms with Gasteiger partial charge in [0.2, 0.25) is 0 Å². The van der Waals surface area contributed by atoms with E-state index in [1.807, 2.05) is 0 Å². The summed E-state index contributed by atoms with van der Waals surface area (Å²) in [6.07, 6.45) is 2.38. The van der Waals surface area contributed by atoms with Gasteiger partial charge in [0.05, 0.1) is 0 Å². The Morgan fingerprint density at radius 1 is 1.00 bits per heavy atom. The first kappa shape index (κ1) is 9.81. The monoisotopic (exact) mass is 205 g/mol. The minimum Gasteiger partial charge on any atom is -0.240 e. The second-order valence-corrected chi connectivity index (χ2v) is 6.64. The second kappa shape index (κ2) is 3.14. The van der Waals surface area contributed by atoms with Crippen LogP contribution in [0.2, 0.25) is 0 Å². The van der Waals surface area contributed by atoms with Crippen LogP contribution in [0.4, 0.5) is 0 Å². The lowest BCUT2D eigenvalue weighted by atomic mass is 10.6. The molecule has 0 aromatic carbocycles. The molecular formula is C8H18N2O2P+. The van der Waals surface area contributed by atoms with Gasteiger partial charge in [0.1, 0.15) is 0 Å². The van der Waals surface area contributed by atoms with E-state index in [0.29, 0.717) is 0 Å². The van der Waals surface area contributed by atoms with Crippen molar-refractivity contribution < 1.29 is 9.05 Å². The van der Waals surface area contributed by atoms with Gasteiger partial charge in [0.15, 0.2) is 25.0 Å². The Hall–Kier alpha value is 0.270. The largest absolute Gasteiger partial charge is 0.308 e. The van der Waals surface area contributed by atoms with Gasteiger partial charge < -0.3 is 0 Å². The van der Waals surface area contributed by atoms with Crippen molar-refractivity contribution in [1.29, 1.82) is 0 Å². The molecule has 2 aliphatic heterocycles. The van der Waals surface area contributed by atoms with Gasteiger partial charge in [0.25, 0.3) is 0 Å². The second-order valence-electron chi connectivity index (χ2n) is 4.02. The van der Waals surface area contributed by atoms with Gasteiger partial charge in [-0.2, -0.15) is 9.05 Å². The minimum absolute atomic E-state index is 0.215. The number of hydrogen-bond acceptors (Lipinski definition) is 4. The molecule has 4 nitrogen and oxygen atoms in total. The zero-order valence-corrected chi connectivity index (χ0v) is 9.62. The van der Waals surface area contributed by atoms with Gasteiger partial charge in [-0.15, -0.1) is 0 Å². The highest BCUT2D eigenvalue weighted by atomic mass is 31.2. The molecule has 2 fully saturated rings. The van der Waals surface area contributed by atoms with E-state index in [4.69, 9.17) is 9.05 Å². The normalized spacial score (nSPS) is 48.0. The van der Waals surface area contributed by atoms with Gasteiger partial charge in [-0.3, -0.25) is 0 Å². The summed E-state index contributed by atoms with van der Waals surface area (Å²) < 4.78 is 11.9. The lowest BCUT2D eigenvalue weighted by Crippen LogP contribution is -2.22. The summed E-state index contributed by atoms with van der Waals surface area (Å²) in [5.41, 5.74) is 0. The maximum absolute atomic E-state index is 5.94. The highest BCUT2D eigenvalue weighted by molar-refractivity contribution is 7.66. The van der Waals surface area contributed by atoms with Crippen molar-refractivity contribution in [3.63, 3.8) is 0 Å². The van der Waals surface area contributed by atoms with Crippen LogP contribution in [0.1, 0.15) is 13.8 Å². The van der Waals surface area contributed by atoms with Gasteiger partial charge in [0, 0.05) is 0 Å². The van der Waals surface area contributed by atoms with E-state index in [1.54, 1.807) is 0 Å². The smallest absolute Gasteiger partial charge is 0.240 e. The fourth-order valence-corrected chi connectivity index (χ4v) is 5.49. The molecule has 13 heavy (non-hydrogen) atoms. The van der Waals surface area contributed by atoms with Crippen molar-refractivity contribution in [2.75, 3.05) is 26.7 Å². The van der Waals surface area contributed by atoms with Crippen molar-refractivity contribution in [1.82, 2.24) is 9.80 Å². The molecule has 2 atom stereocenters. The standard InChI is InChI=1S/C8H18N2O2P/c1-7-9(3)5-13(11-7)6-10(4)8(2)12-13/h7-8H,5-6H2,1-4H3/q+1. The molecule has 0 radical (unpaired) electrons. The quantitative estimate of drug-likeness (QED) is 0.557. The maximum atomic E-state index is 5.94. The summed E-state index contributed by atoms with van der Waals surface area (Å²) in [4.78, 5) is 4.44. The van der Waals surface area contributed by atoms with Crippen molar-refractivity contribution >= 4 is 7.72 Å². The van der Waals surface area contributed by atoms with Crippen molar-refractivity contribution in [2.24, 2.45) is 0 Å². The fourth-order valence-electron chi connectivity index (χ4n) is 1.83.